The van der Waals surface area contributed by atoms with E-state index in [1.54, 1.807) is 6.20 Å². The van der Waals surface area contributed by atoms with Gasteiger partial charge in [-0.2, -0.15) is 0 Å². The van der Waals surface area contributed by atoms with Crippen molar-refractivity contribution in [1.29, 1.82) is 0 Å². The standard InChI is InChI=1S/C11H19N3O2S/c1-17(15,16)8-6-11(14-12)5-4-10-3-2-7-13-9-10/h2-3,7,9,11,14H,4-6,8,12H2,1H3. The van der Waals surface area contributed by atoms with Crippen LogP contribution in [0.15, 0.2) is 24.5 Å². The Morgan fingerprint density at radius 1 is 1.47 bits per heavy atom. The average molecular weight is 257 g/mol. The molecule has 0 aromatic carbocycles. The van der Waals surface area contributed by atoms with E-state index in [-0.39, 0.29) is 11.8 Å². The Morgan fingerprint density at radius 3 is 2.76 bits per heavy atom. The third-order valence-electron chi connectivity index (χ3n) is 2.58. The Morgan fingerprint density at radius 2 is 2.24 bits per heavy atom. The van der Waals surface area contributed by atoms with Crippen LogP contribution in [0.1, 0.15) is 18.4 Å². The quantitative estimate of drug-likeness (QED) is 0.541. The van der Waals surface area contributed by atoms with Gasteiger partial charge in [0.15, 0.2) is 0 Å². The normalized spacial score (nSPS) is 13.5. The van der Waals surface area contributed by atoms with Gasteiger partial charge in [0, 0.05) is 24.7 Å². The van der Waals surface area contributed by atoms with Crippen LogP contribution in [0.5, 0.6) is 0 Å². The fraction of sp³-hybridized carbons (Fsp3) is 0.545. The second-order valence-corrected chi connectivity index (χ2v) is 6.44. The van der Waals surface area contributed by atoms with E-state index in [0.717, 1.165) is 18.4 Å². The van der Waals surface area contributed by atoms with Crippen LogP contribution < -0.4 is 11.3 Å². The minimum atomic E-state index is -2.92. The van der Waals surface area contributed by atoms with E-state index >= 15 is 0 Å². The molecule has 5 nitrogen and oxygen atoms in total. The monoisotopic (exact) mass is 257 g/mol. The number of nitrogens with zero attached hydrogens (tertiary/aromatic N) is 1. The molecule has 3 N–H and O–H groups in total. The number of hydrogen-bond acceptors (Lipinski definition) is 5. The Kier molecular flexibility index (Phi) is 5.54. The Hall–Kier alpha value is -0.980. The summed E-state index contributed by atoms with van der Waals surface area (Å²) < 4.78 is 22.1. The Balaban J connectivity index is 2.38. The Bertz CT molecular complexity index is 420. The van der Waals surface area contributed by atoms with E-state index in [4.69, 9.17) is 5.84 Å². The third-order valence-corrected chi connectivity index (χ3v) is 3.55. The molecule has 1 aromatic heterocycles. The summed E-state index contributed by atoms with van der Waals surface area (Å²) in [5.74, 6) is 5.57. The number of pyridine rings is 1. The van der Waals surface area contributed by atoms with Crippen molar-refractivity contribution in [3.8, 4) is 0 Å². The molecular weight excluding hydrogens is 238 g/mol. The van der Waals surface area contributed by atoms with Crippen molar-refractivity contribution in [3.05, 3.63) is 30.1 Å². The molecule has 1 atom stereocenters. The number of nitrogens with one attached hydrogen (secondary N) is 1. The molecule has 0 fully saturated rings. The maximum Gasteiger partial charge on any atom is 0.147 e. The van der Waals surface area contributed by atoms with Gasteiger partial charge >= 0.3 is 0 Å². The number of hydrazine groups is 1. The molecule has 1 aromatic rings. The molecule has 0 aliphatic heterocycles. The number of hydrogen-bond donors (Lipinski definition) is 2. The van der Waals surface area contributed by atoms with Crippen molar-refractivity contribution in [2.45, 2.75) is 25.3 Å². The second kappa shape index (κ2) is 6.68. The summed E-state index contributed by atoms with van der Waals surface area (Å²) in [6.07, 6.45) is 6.96. The van der Waals surface area contributed by atoms with Gasteiger partial charge in [0.25, 0.3) is 0 Å². The molecule has 1 unspecified atom stereocenters. The van der Waals surface area contributed by atoms with E-state index in [9.17, 15) is 8.42 Å². The van der Waals surface area contributed by atoms with Crippen LogP contribution in [0, 0.1) is 0 Å². The van der Waals surface area contributed by atoms with Gasteiger partial charge in [-0.15, -0.1) is 0 Å². The van der Waals surface area contributed by atoms with Crippen molar-refractivity contribution in [1.82, 2.24) is 10.4 Å². The fourth-order valence-electron chi connectivity index (χ4n) is 1.55. The zero-order chi connectivity index (χ0) is 12.7. The van der Waals surface area contributed by atoms with Gasteiger partial charge in [-0.3, -0.25) is 16.3 Å². The van der Waals surface area contributed by atoms with Gasteiger partial charge in [-0.05, 0) is 30.9 Å². The number of aryl methyl sites for hydroxylation is 1. The molecule has 1 heterocycles. The summed E-state index contributed by atoms with van der Waals surface area (Å²) in [6.45, 7) is 0. The largest absolute Gasteiger partial charge is 0.271 e. The van der Waals surface area contributed by atoms with Crippen molar-refractivity contribution >= 4 is 9.84 Å². The van der Waals surface area contributed by atoms with Crippen LogP contribution in [0.25, 0.3) is 0 Å². The molecule has 0 saturated heterocycles. The first-order valence-electron chi connectivity index (χ1n) is 5.54. The molecule has 96 valence electrons. The summed E-state index contributed by atoms with van der Waals surface area (Å²) in [7, 11) is -2.92. The van der Waals surface area contributed by atoms with E-state index in [0.29, 0.717) is 6.42 Å². The lowest BCUT2D eigenvalue weighted by molar-refractivity contribution is 0.478. The highest BCUT2D eigenvalue weighted by molar-refractivity contribution is 7.90. The zero-order valence-corrected chi connectivity index (χ0v) is 10.8. The predicted molar refractivity (Wildman–Crippen MR) is 68.0 cm³/mol. The van der Waals surface area contributed by atoms with Gasteiger partial charge in [0.05, 0.1) is 5.75 Å². The highest BCUT2D eigenvalue weighted by atomic mass is 32.2. The smallest absolute Gasteiger partial charge is 0.147 e. The lowest BCUT2D eigenvalue weighted by Gasteiger charge is -2.14. The number of aromatic nitrogens is 1. The predicted octanol–water partition coefficient (Wildman–Crippen LogP) is 0.281. The van der Waals surface area contributed by atoms with Crippen molar-refractivity contribution in [2.75, 3.05) is 12.0 Å². The van der Waals surface area contributed by atoms with Gasteiger partial charge < -0.3 is 0 Å². The van der Waals surface area contributed by atoms with Crippen LogP contribution in [-0.2, 0) is 16.3 Å². The van der Waals surface area contributed by atoms with Crippen LogP contribution in [0.2, 0.25) is 0 Å². The summed E-state index contributed by atoms with van der Waals surface area (Å²) in [6, 6.07) is 3.90. The van der Waals surface area contributed by atoms with Crippen molar-refractivity contribution in [3.63, 3.8) is 0 Å². The molecule has 0 bridgehead atoms. The lowest BCUT2D eigenvalue weighted by atomic mass is 10.1. The summed E-state index contributed by atoms with van der Waals surface area (Å²) >= 11 is 0. The molecule has 0 amide bonds. The molecule has 6 heteroatoms. The minimum Gasteiger partial charge on any atom is -0.271 e. The van der Waals surface area contributed by atoms with Gasteiger partial charge in [0.1, 0.15) is 9.84 Å². The SMILES string of the molecule is CS(=O)(=O)CCC(CCc1cccnc1)NN. The van der Waals surface area contributed by atoms with E-state index < -0.39 is 9.84 Å². The third kappa shape index (κ3) is 6.35. The average Bonchev–Trinajstić information content (AvgIpc) is 2.29. The first-order valence-corrected chi connectivity index (χ1v) is 7.60. The van der Waals surface area contributed by atoms with Crippen LogP contribution >= 0.6 is 0 Å². The minimum absolute atomic E-state index is 0.0185. The van der Waals surface area contributed by atoms with E-state index in [1.165, 1.54) is 6.26 Å². The van der Waals surface area contributed by atoms with Gasteiger partial charge in [-0.1, -0.05) is 6.07 Å². The highest BCUT2D eigenvalue weighted by Crippen LogP contribution is 2.06. The van der Waals surface area contributed by atoms with E-state index in [1.807, 2.05) is 18.3 Å². The lowest BCUT2D eigenvalue weighted by Crippen LogP contribution is -2.36. The van der Waals surface area contributed by atoms with Gasteiger partial charge in [0.2, 0.25) is 0 Å². The summed E-state index contributed by atoms with van der Waals surface area (Å²) in [5, 5.41) is 0. The molecule has 0 spiro atoms. The van der Waals surface area contributed by atoms with Gasteiger partial charge in [-0.25, -0.2) is 8.42 Å². The fourth-order valence-corrected chi connectivity index (χ4v) is 2.27. The van der Waals surface area contributed by atoms with Crippen molar-refractivity contribution < 1.29 is 8.42 Å². The zero-order valence-electron chi connectivity index (χ0n) is 9.96. The maximum absolute atomic E-state index is 11.0. The number of rotatable bonds is 7. The molecule has 0 aliphatic carbocycles. The first-order chi connectivity index (χ1) is 8.01. The summed E-state index contributed by atoms with van der Waals surface area (Å²) in [5.41, 5.74) is 3.79. The van der Waals surface area contributed by atoms with Crippen LogP contribution in [-0.4, -0.2) is 31.5 Å². The molecule has 0 saturated carbocycles. The Labute approximate surface area is 102 Å². The number of sulfone groups is 1. The molecule has 17 heavy (non-hydrogen) atoms. The molecule has 0 radical (unpaired) electrons. The summed E-state index contributed by atoms with van der Waals surface area (Å²) in [4.78, 5) is 4.03. The number of nitrogens with two attached hydrogens (primary N) is 1. The first kappa shape index (κ1) is 14.1. The molecule has 1 rings (SSSR count). The second-order valence-electron chi connectivity index (χ2n) is 4.18. The maximum atomic E-state index is 11.0. The van der Waals surface area contributed by atoms with Crippen LogP contribution in [0.3, 0.4) is 0 Å². The highest BCUT2D eigenvalue weighted by Gasteiger charge is 2.10. The van der Waals surface area contributed by atoms with Crippen LogP contribution in [0.4, 0.5) is 0 Å². The topological polar surface area (TPSA) is 85.1 Å². The van der Waals surface area contributed by atoms with E-state index in [2.05, 4.69) is 10.4 Å². The molecule has 0 aliphatic rings. The molecular formula is C11H19N3O2S. The van der Waals surface area contributed by atoms with Crippen molar-refractivity contribution in [2.24, 2.45) is 5.84 Å².